The Hall–Kier alpha value is -5.34. The molecule has 3 heterocycles. The van der Waals surface area contributed by atoms with Crippen molar-refractivity contribution in [2.75, 3.05) is 0 Å². The zero-order valence-corrected chi connectivity index (χ0v) is 25.0. The third kappa shape index (κ3) is 3.81. The molecule has 4 heteroatoms. The van der Waals surface area contributed by atoms with Crippen LogP contribution in [0, 0.1) is 11.3 Å². The second-order valence-corrected chi connectivity index (χ2v) is 13.1. The van der Waals surface area contributed by atoms with E-state index in [0.717, 1.165) is 21.7 Å². The molecular weight excluding hydrogens is 573 g/mol. The molecule has 9 aromatic rings. The van der Waals surface area contributed by atoms with Crippen molar-refractivity contribution in [1.82, 2.24) is 4.98 Å². The third-order valence-electron chi connectivity index (χ3n) is 8.57. The van der Waals surface area contributed by atoms with Crippen LogP contribution in [0.4, 0.5) is 0 Å². The number of hydrogen-bond acceptors (Lipinski definition) is 4. The van der Waals surface area contributed by atoms with Gasteiger partial charge in [-0.15, -0.1) is 22.7 Å². The molecule has 0 saturated heterocycles. The van der Waals surface area contributed by atoms with Gasteiger partial charge in [-0.3, -0.25) is 0 Å². The van der Waals surface area contributed by atoms with Gasteiger partial charge in [0, 0.05) is 36.5 Å². The molecule has 0 spiro atoms. The zero-order chi connectivity index (χ0) is 29.2. The van der Waals surface area contributed by atoms with Crippen LogP contribution in [-0.4, -0.2) is 4.98 Å². The SMILES string of the molecule is N#Cc1ccc(-c2ccc(-c3ccc(-c4nc5sc6ccccc6c5c5c4sc4ccccc45)cc3)c3ccccc23)cc1. The van der Waals surface area contributed by atoms with Crippen LogP contribution < -0.4 is 0 Å². The van der Waals surface area contributed by atoms with Crippen molar-refractivity contribution in [3.05, 3.63) is 139 Å². The van der Waals surface area contributed by atoms with E-state index in [0.29, 0.717) is 5.56 Å². The van der Waals surface area contributed by atoms with Crippen molar-refractivity contribution in [2.24, 2.45) is 0 Å². The quantitative estimate of drug-likeness (QED) is 0.204. The van der Waals surface area contributed by atoms with Gasteiger partial charge in [-0.2, -0.15) is 5.26 Å². The van der Waals surface area contributed by atoms with Gasteiger partial charge < -0.3 is 0 Å². The van der Waals surface area contributed by atoms with Crippen molar-refractivity contribution in [1.29, 1.82) is 5.26 Å². The largest absolute Gasteiger partial charge is 0.235 e. The first kappa shape index (κ1) is 25.2. The topological polar surface area (TPSA) is 36.7 Å². The number of hydrogen-bond donors (Lipinski definition) is 0. The molecule has 0 amide bonds. The summed E-state index contributed by atoms with van der Waals surface area (Å²) in [6.45, 7) is 0. The molecular formula is C40H22N2S2. The highest BCUT2D eigenvalue weighted by Crippen LogP contribution is 2.47. The van der Waals surface area contributed by atoms with Gasteiger partial charge in [0.05, 0.1) is 22.0 Å². The Kier molecular flexibility index (Phi) is 5.64. The third-order valence-corrected chi connectivity index (χ3v) is 10.8. The Morgan fingerprint density at radius 2 is 0.977 bits per heavy atom. The molecule has 3 aromatic heterocycles. The van der Waals surface area contributed by atoms with Crippen LogP contribution >= 0.6 is 22.7 Å². The summed E-state index contributed by atoms with van der Waals surface area (Å²) >= 11 is 3.62. The molecule has 0 aliphatic carbocycles. The van der Waals surface area contributed by atoms with E-state index in [-0.39, 0.29) is 0 Å². The maximum Gasteiger partial charge on any atom is 0.125 e. The van der Waals surface area contributed by atoms with Crippen molar-refractivity contribution >= 4 is 73.9 Å². The van der Waals surface area contributed by atoms with E-state index in [9.17, 15) is 5.26 Å². The first-order valence-electron chi connectivity index (χ1n) is 14.5. The van der Waals surface area contributed by atoms with Crippen molar-refractivity contribution < 1.29 is 0 Å². The smallest absolute Gasteiger partial charge is 0.125 e. The van der Waals surface area contributed by atoms with Crippen LogP contribution in [0.3, 0.4) is 0 Å². The summed E-state index contributed by atoms with van der Waals surface area (Å²) in [4.78, 5) is 6.41. The van der Waals surface area contributed by atoms with E-state index < -0.39 is 0 Å². The summed E-state index contributed by atoms with van der Waals surface area (Å²) in [5.74, 6) is 0. The molecule has 0 unspecified atom stereocenters. The molecule has 0 saturated carbocycles. The molecule has 6 aromatic carbocycles. The maximum atomic E-state index is 9.23. The van der Waals surface area contributed by atoms with Gasteiger partial charge in [0.1, 0.15) is 4.83 Å². The fraction of sp³-hybridized carbons (Fsp3) is 0. The minimum Gasteiger partial charge on any atom is -0.235 e. The summed E-state index contributed by atoms with van der Waals surface area (Å²) in [6, 6.07) is 49.4. The van der Waals surface area contributed by atoms with E-state index in [1.807, 2.05) is 35.6 Å². The van der Waals surface area contributed by atoms with Crippen molar-refractivity contribution in [3.63, 3.8) is 0 Å². The normalized spacial score (nSPS) is 11.6. The summed E-state index contributed by atoms with van der Waals surface area (Å²) in [7, 11) is 0. The Morgan fingerprint density at radius 1 is 0.477 bits per heavy atom. The fourth-order valence-corrected chi connectivity index (χ4v) is 8.80. The molecule has 9 rings (SSSR count). The Morgan fingerprint density at radius 3 is 1.59 bits per heavy atom. The summed E-state index contributed by atoms with van der Waals surface area (Å²) in [5, 5.41) is 16.8. The predicted octanol–water partition coefficient (Wildman–Crippen LogP) is 11.8. The molecule has 44 heavy (non-hydrogen) atoms. The highest BCUT2D eigenvalue weighted by molar-refractivity contribution is 7.28. The van der Waals surface area contributed by atoms with E-state index in [4.69, 9.17) is 4.98 Å². The number of rotatable bonds is 3. The van der Waals surface area contributed by atoms with Crippen molar-refractivity contribution in [2.45, 2.75) is 0 Å². The molecule has 0 radical (unpaired) electrons. The van der Waals surface area contributed by atoms with Crippen LogP contribution in [-0.2, 0) is 0 Å². The Labute approximate surface area is 261 Å². The second kappa shape index (κ2) is 9.86. The Bertz CT molecular complexity index is 2600. The van der Waals surface area contributed by atoms with Gasteiger partial charge in [0.2, 0.25) is 0 Å². The second-order valence-electron chi connectivity index (χ2n) is 11.0. The van der Waals surface area contributed by atoms with Crippen LogP contribution in [0.15, 0.2) is 133 Å². The van der Waals surface area contributed by atoms with Crippen LogP contribution in [0.2, 0.25) is 0 Å². The van der Waals surface area contributed by atoms with Crippen LogP contribution in [0.25, 0.3) is 84.8 Å². The van der Waals surface area contributed by atoms with E-state index in [2.05, 4.69) is 115 Å². The molecule has 0 aliphatic heterocycles. The van der Waals surface area contributed by atoms with Crippen molar-refractivity contribution in [3.8, 4) is 39.6 Å². The maximum absolute atomic E-state index is 9.23. The number of thiophene rings is 2. The predicted molar refractivity (Wildman–Crippen MR) is 189 cm³/mol. The monoisotopic (exact) mass is 594 g/mol. The van der Waals surface area contributed by atoms with Crippen LogP contribution in [0.5, 0.6) is 0 Å². The highest BCUT2D eigenvalue weighted by atomic mass is 32.1. The average Bonchev–Trinajstić information content (AvgIpc) is 3.66. The highest BCUT2D eigenvalue weighted by Gasteiger charge is 2.19. The van der Waals surface area contributed by atoms with E-state index in [1.54, 1.807) is 11.3 Å². The number of benzene rings is 6. The first-order valence-corrected chi connectivity index (χ1v) is 16.2. The minimum absolute atomic E-state index is 0.670. The zero-order valence-electron chi connectivity index (χ0n) is 23.4. The lowest BCUT2D eigenvalue weighted by Gasteiger charge is -2.13. The number of aromatic nitrogens is 1. The van der Waals surface area contributed by atoms with Gasteiger partial charge in [0.15, 0.2) is 0 Å². The number of fused-ring (bicyclic) bond motifs is 8. The number of nitriles is 1. The first-order chi connectivity index (χ1) is 21.8. The summed E-state index contributed by atoms with van der Waals surface area (Å²) in [5.41, 5.74) is 7.49. The van der Waals surface area contributed by atoms with Gasteiger partial charge in [-0.05, 0) is 57.3 Å². The molecule has 0 fully saturated rings. The molecule has 0 atom stereocenters. The standard InChI is InChI=1S/C40H22N2S2/c41-23-24-13-15-25(16-14-24)28-21-22-29(31-8-2-1-7-30(28)31)26-17-19-27(20-18-26)38-39-36(32-9-3-5-11-34(32)43-39)37-33-10-4-6-12-35(33)44-40(37)42-38/h1-22H. The van der Waals surface area contributed by atoms with Gasteiger partial charge in [-0.1, -0.05) is 109 Å². The van der Waals surface area contributed by atoms with Gasteiger partial charge in [0.25, 0.3) is 0 Å². The average molecular weight is 595 g/mol. The lowest BCUT2D eigenvalue weighted by Crippen LogP contribution is -1.88. The molecule has 0 bridgehead atoms. The molecule has 0 aliphatic rings. The summed E-state index contributed by atoms with van der Waals surface area (Å²) in [6.07, 6.45) is 0. The molecule has 0 N–H and O–H groups in total. The Balaban J connectivity index is 1.21. The number of nitrogens with zero attached hydrogens (tertiary/aromatic N) is 2. The fourth-order valence-electron chi connectivity index (χ4n) is 6.50. The van der Waals surface area contributed by atoms with E-state index >= 15 is 0 Å². The van der Waals surface area contributed by atoms with Gasteiger partial charge in [-0.25, -0.2) is 4.98 Å². The minimum atomic E-state index is 0.670. The summed E-state index contributed by atoms with van der Waals surface area (Å²) < 4.78 is 3.81. The lowest BCUT2D eigenvalue weighted by molar-refractivity contribution is 1.47. The van der Waals surface area contributed by atoms with Gasteiger partial charge >= 0.3 is 0 Å². The van der Waals surface area contributed by atoms with E-state index in [1.165, 1.54) is 63.1 Å². The molecule has 204 valence electrons. The number of pyridine rings is 1. The lowest BCUT2D eigenvalue weighted by atomic mass is 9.91. The molecule has 2 nitrogen and oxygen atoms in total. The van der Waals surface area contributed by atoms with Crippen LogP contribution in [0.1, 0.15) is 5.56 Å².